The second-order valence-electron chi connectivity index (χ2n) is 4.92. The normalized spacial score (nSPS) is 11.3. The molecule has 0 aliphatic rings. The van der Waals surface area contributed by atoms with Crippen LogP contribution in [0.2, 0.25) is 0 Å². The number of rotatable bonds is 4. The van der Waals surface area contributed by atoms with Gasteiger partial charge in [0.15, 0.2) is 0 Å². The molecule has 0 radical (unpaired) electrons. The van der Waals surface area contributed by atoms with E-state index in [1.54, 1.807) is 16.8 Å². The number of aromatic carboxylic acids is 1. The molecule has 2 heterocycles. The predicted molar refractivity (Wildman–Crippen MR) is 92.4 cm³/mol. The largest absolute Gasteiger partial charge is 0.477 e. The Balaban J connectivity index is 2.11. The van der Waals surface area contributed by atoms with Crippen molar-refractivity contribution in [1.82, 2.24) is 4.57 Å². The second-order valence-corrected chi connectivity index (χ2v) is 5.99. The highest BCUT2D eigenvalue weighted by atomic mass is 32.1. The smallest absolute Gasteiger partial charge is 0.341 e. The monoisotopic (exact) mass is 326 g/mol. The Morgan fingerprint density at radius 2 is 2.09 bits per heavy atom. The molecule has 0 amide bonds. The summed E-state index contributed by atoms with van der Waals surface area (Å²) < 4.78 is 1.78. The van der Waals surface area contributed by atoms with Crippen molar-refractivity contribution in [2.75, 3.05) is 0 Å². The molecule has 0 aliphatic carbocycles. The van der Waals surface area contributed by atoms with Crippen molar-refractivity contribution < 1.29 is 9.90 Å². The van der Waals surface area contributed by atoms with Gasteiger partial charge >= 0.3 is 5.97 Å². The molecule has 0 spiro atoms. The number of aliphatic imine (C=N–C) groups is 1. The van der Waals surface area contributed by atoms with Crippen LogP contribution in [0.25, 0.3) is 10.2 Å². The minimum Gasteiger partial charge on any atom is -0.477 e. The first-order valence-corrected chi connectivity index (χ1v) is 7.91. The van der Waals surface area contributed by atoms with Crippen LogP contribution in [-0.4, -0.2) is 21.9 Å². The Hall–Kier alpha value is -2.73. The summed E-state index contributed by atoms with van der Waals surface area (Å²) in [6.07, 6.45) is 3.10. The van der Waals surface area contributed by atoms with Crippen molar-refractivity contribution in [1.29, 1.82) is 0 Å². The highest BCUT2D eigenvalue weighted by molar-refractivity contribution is 7.20. The fourth-order valence-corrected chi connectivity index (χ4v) is 3.36. The van der Waals surface area contributed by atoms with Crippen LogP contribution in [-0.2, 0) is 6.54 Å². The van der Waals surface area contributed by atoms with E-state index in [9.17, 15) is 9.59 Å². The van der Waals surface area contributed by atoms with Gasteiger partial charge in [-0.3, -0.25) is 9.79 Å². The molecule has 0 unspecified atom stereocenters. The third-order valence-corrected chi connectivity index (χ3v) is 4.54. The number of benzene rings is 1. The summed E-state index contributed by atoms with van der Waals surface area (Å²) >= 11 is 1.42. The average molecular weight is 326 g/mol. The lowest BCUT2D eigenvalue weighted by molar-refractivity contribution is 0.0695. The predicted octanol–water partition coefficient (Wildman–Crippen LogP) is 3.53. The zero-order valence-corrected chi connectivity index (χ0v) is 13.2. The van der Waals surface area contributed by atoms with Gasteiger partial charge in [-0.25, -0.2) is 4.79 Å². The zero-order chi connectivity index (χ0) is 16.4. The molecule has 0 atom stereocenters. The lowest BCUT2D eigenvalue weighted by Gasteiger charge is -2.05. The number of nitrogens with zero attached hydrogens (tertiary/aromatic N) is 2. The summed E-state index contributed by atoms with van der Waals surface area (Å²) in [6.45, 7) is 2.50. The van der Waals surface area contributed by atoms with Crippen LogP contribution >= 0.6 is 11.3 Å². The quantitative estimate of drug-likeness (QED) is 0.746. The van der Waals surface area contributed by atoms with Crippen LogP contribution in [0, 0.1) is 0 Å². The van der Waals surface area contributed by atoms with Gasteiger partial charge in [-0.05, 0) is 25.1 Å². The van der Waals surface area contributed by atoms with Gasteiger partial charge in [0.1, 0.15) is 10.4 Å². The van der Waals surface area contributed by atoms with Crippen molar-refractivity contribution in [3.63, 3.8) is 0 Å². The summed E-state index contributed by atoms with van der Waals surface area (Å²) in [5.41, 5.74) is 0.165. The van der Waals surface area contributed by atoms with E-state index in [1.807, 2.05) is 37.3 Å². The molecule has 116 valence electrons. The average Bonchev–Trinajstić information content (AvgIpc) is 2.99. The van der Waals surface area contributed by atoms with Gasteiger partial charge in [-0.2, -0.15) is 0 Å². The zero-order valence-electron chi connectivity index (χ0n) is 12.4. The Bertz CT molecular complexity index is 955. The van der Waals surface area contributed by atoms with Gasteiger partial charge in [0.2, 0.25) is 5.43 Å². The molecule has 3 rings (SSSR count). The number of carboxylic acids is 1. The van der Waals surface area contributed by atoms with Gasteiger partial charge < -0.3 is 9.67 Å². The highest BCUT2D eigenvalue weighted by Gasteiger charge is 2.16. The van der Waals surface area contributed by atoms with Crippen LogP contribution in [0.15, 0.2) is 52.4 Å². The van der Waals surface area contributed by atoms with Crippen molar-refractivity contribution in [2.24, 2.45) is 4.99 Å². The van der Waals surface area contributed by atoms with Gasteiger partial charge in [0.05, 0.1) is 11.1 Å². The number of fused-ring (bicyclic) bond motifs is 1. The lowest BCUT2D eigenvalue weighted by atomic mass is 10.2. The molecule has 5 nitrogen and oxygen atoms in total. The molecule has 0 aliphatic heterocycles. The third-order valence-electron chi connectivity index (χ3n) is 3.43. The minimum absolute atomic E-state index is 0.205. The Morgan fingerprint density at radius 3 is 2.74 bits per heavy atom. The number of carboxylic acid groups (broad SMARTS) is 1. The molecule has 2 aromatic heterocycles. The first-order valence-electron chi connectivity index (χ1n) is 7.09. The molecule has 1 N–H and O–H groups in total. The van der Waals surface area contributed by atoms with E-state index in [-0.39, 0.29) is 5.56 Å². The van der Waals surface area contributed by atoms with Crippen LogP contribution in [0.4, 0.5) is 5.69 Å². The molecule has 6 heteroatoms. The Morgan fingerprint density at radius 1 is 1.35 bits per heavy atom. The molecule has 0 saturated carbocycles. The number of aromatic nitrogens is 1. The number of pyridine rings is 1. The maximum Gasteiger partial charge on any atom is 0.341 e. The number of hydrogen-bond donors (Lipinski definition) is 1. The van der Waals surface area contributed by atoms with Crippen molar-refractivity contribution >= 4 is 39.4 Å². The molecule has 0 bridgehead atoms. The van der Waals surface area contributed by atoms with E-state index < -0.39 is 11.4 Å². The summed E-state index contributed by atoms with van der Waals surface area (Å²) in [5.74, 6) is -1.20. The van der Waals surface area contributed by atoms with E-state index in [0.717, 1.165) is 15.4 Å². The first-order chi connectivity index (χ1) is 11.1. The SMILES string of the molecule is CCn1cc(C(=O)O)c(=O)c2cc(C=Nc3ccccc3)sc21. The summed E-state index contributed by atoms with van der Waals surface area (Å²) in [6, 6.07) is 11.2. The fourth-order valence-electron chi connectivity index (χ4n) is 2.30. The van der Waals surface area contributed by atoms with E-state index >= 15 is 0 Å². The molecular formula is C17H14N2O3S. The topological polar surface area (TPSA) is 71.7 Å². The van der Waals surface area contributed by atoms with E-state index in [2.05, 4.69) is 4.99 Å². The number of aryl methyl sites for hydroxylation is 1. The van der Waals surface area contributed by atoms with E-state index in [4.69, 9.17) is 5.11 Å². The molecular weight excluding hydrogens is 312 g/mol. The molecule has 0 saturated heterocycles. The van der Waals surface area contributed by atoms with Crippen LogP contribution in [0.1, 0.15) is 22.2 Å². The third kappa shape index (κ3) is 2.93. The number of thiophene rings is 1. The molecule has 3 aromatic rings. The first kappa shape index (κ1) is 15.2. The number of carbonyl (C=O) groups is 1. The molecule has 0 fully saturated rings. The summed E-state index contributed by atoms with van der Waals surface area (Å²) in [7, 11) is 0. The standard InChI is InChI=1S/C17H14N2O3S/c1-2-19-10-14(17(21)22)15(20)13-8-12(23-16(13)19)9-18-11-6-4-3-5-7-11/h3-10H,2H2,1H3,(H,21,22). The van der Waals surface area contributed by atoms with Crippen molar-refractivity contribution in [3.8, 4) is 0 Å². The number of para-hydroxylation sites is 1. The van der Waals surface area contributed by atoms with Crippen LogP contribution < -0.4 is 5.43 Å². The lowest BCUT2D eigenvalue weighted by Crippen LogP contribution is -2.17. The van der Waals surface area contributed by atoms with Crippen LogP contribution in [0.3, 0.4) is 0 Å². The minimum atomic E-state index is -1.20. The number of hydrogen-bond acceptors (Lipinski definition) is 4. The summed E-state index contributed by atoms with van der Waals surface area (Å²) in [4.78, 5) is 29.5. The Kier molecular flexibility index (Phi) is 4.08. The molecule has 1 aromatic carbocycles. The van der Waals surface area contributed by atoms with Crippen LogP contribution in [0.5, 0.6) is 0 Å². The maximum atomic E-state index is 12.3. The van der Waals surface area contributed by atoms with Gasteiger partial charge in [0, 0.05) is 23.8 Å². The van der Waals surface area contributed by atoms with Gasteiger partial charge in [-0.15, -0.1) is 11.3 Å². The maximum absolute atomic E-state index is 12.3. The van der Waals surface area contributed by atoms with Gasteiger partial charge in [0.25, 0.3) is 0 Å². The van der Waals surface area contributed by atoms with Gasteiger partial charge in [-0.1, -0.05) is 18.2 Å². The van der Waals surface area contributed by atoms with E-state index in [0.29, 0.717) is 11.9 Å². The second kappa shape index (κ2) is 6.18. The fraction of sp³-hybridized carbons (Fsp3) is 0.118. The van der Waals surface area contributed by atoms with Crippen molar-refractivity contribution in [3.05, 3.63) is 63.3 Å². The van der Waals surface area contributed by atoms with Crippen molar-refractivity contribution in [2.45, 2.75) is 13.5 Å². The summed E-state index contributed by atoms with van der Waals surface area (Å²) in [5, 5.41) is 9.59. The molecule has 23 heavy (non-hydrogen) atoms. The Labute approximate surface area is 136 Å². The highest BCUT2D eigenvalue weighted by Crippen LogP contribution is 2.23. The van der Waals surface area contributed by atoms with E-state index in [1.165, 1.54) is 17.5 Å².